The SMILES string of the molecule is COC(OC)=C1C(Cl)=C(Cl)C(Cl)=C(Cl)C(Cl)=C1Cl. The molecule has 18 heavy (non-hydrogen) atoms. The summed E-state index contributed by atoms with van der Waals surface area (Å²) in [5.41, 5.74) is 0.173. The zero-order valence-electron chi connectivity index (χ0n) is 9.08. The number of rotatable bonds is 2. The van der Waals surface area contributed by atoms with Crippen LogP contribution in [0.25, 0.3) is 0 Å². The number of halogens is 6. The molecule has 0 amide bonds. The first-order valence-corrected chi connectivity index (χ1v) is 6.63. The van der Waals surface area contributed by atoms with Crippen LogP contribution in [-0.2, 0) is 9.47 Å². The van der Waals surface area contributed by atoms with Gasteiger partial charge in [-0.2, -0.15) is 0 Å². The van der Waals surface area contributed by atoms with Crippen LogP contribution < -0.4 is 0 Å². The van der Waals surface area contributed by atoms with Gasteiger partial charge in [0.25, 0.3) is 5.95 Å². The Morgan fingerprint density at radius 3 is 1.17 bits per heavy atom. The molecule has 0 aromatic carbocycles. The molecule has 1 aliphatic carbocycles. The van der Waals surface area contributed by atoms with Gasteiger partial charge in [0.15, 0.2) is 0 Å². The molecule has 0 atom stereocenters. The van der Waals surface area contributed by atoms with Crippen molar-refractivity contribution in [2.75, 3.05) is 14.2 Å². The molecule has 0 spiro atoms. The van der Waals surface area contributed by atoms with E-state index in [1.54, 1.807) is 0 Å². The van der Waals surface area contributed by atoms with E-state index >= 15 is 0 Å². The Morgan fingerprint density at radius 1 is 0.611 bits per heavy atom. The van der Waals surface area contributed by atoms with Gasteiger partial charge in [0.05, 0.1) is 50.0 Å². The summed E-state index contributed by atoms with van der Waals surface area (Å²) in [4.78, 5) is 0. The van der Waals surface area contributed by atoms with Gasteiger partial charge in [-0.25, -0.2) is 0 Å². The van der Waals surface area contributed by atoms with Crippen molar-refractivity contribution in [3.05, 3.63) is 41.7 Å². The summed E-state index contributed by atoms with van der Waals surface area (Å²) >= 11 is 36.0. The van der Waals surface area contributed by atoms with Crippen LogP contribution in [0.3, 0.4) is 0 Å². The molecular formula is C10H6Cl6O2. The molecule has 0 saturated heterocycles. The lowest BCUT2D eigenvalue weighted by atomic mass is 10.2. The van der Waals surface area contributed by atoms with Crippen molar-refractivity contribution in [1.82, 2.24) is 0 Å². The maximum absolute atomic E-state index is 6.09. The molecule has 0 bridgehead atoms. The quantitative estimate of drug-likeness (QED) is 0.591. The van der Waals surface area contributed by atoms with Crippen LogP contribution in [0, 0.1) is 0 Å². The van der Waals surface area contributed by atoms with E-state index in [-0.39, 0.29) is 41.7 Å². The molecule has 0 N–H and O–H groups in total. The first-order chi connectivity index (χ1) is 8.36. The molecule has 0 aromatic rings. The van der Waals surface area contributed by atoms with Crippen LogP contribution in [0.1, 0.15) is 0 Å². The maximum Gasteiger partial charge on any atom is 0.289 e. The predicted molar refractivity (Wildman–Crippen MR) is 77.2 cm³/mol. The third-order valence-electron chi connectivity index (χ3n) is 1.98. The monoisotopic (exact) mass is 368 g/mol. The van der Waals surface area contributed by atoms with E-state index in [1.165, 1.54) is 14.2 Å². The van der Waals surface area contributed by atoms with Crippen LogP contribution in [0.2, 0.25) is 0 Å². The number of ether oxygens (including phenoxy) is 2. The Bertz CT molecular complexity index is 458. The summed E-state index contributed by atoms with van der Waals surface area (Å²) in [6, 6.07) is 0. The van der Waals surface area contributed by atoms with Crippen molar-refractivity contribution in [2.24, 2.45) is 0 Å². The number of hydrogen-bond acceptors (Lipinski definition) is 2. The molecule has 1 aliphatic rings. The van der Waals surface area contributed by atoms with Gasteiger partial charge in [-0.1, -0.05) is 69.6 Å². The number of methoxy groups -OCH3 is 2. The topological polar surface area (TPSA) is 18.5 Å². The van der Waals surface area contributed by atoms with Crippen molar-refractivity contribution >= 4 is 69.6 Å². The minimum absolute atomic E-state index is 0.00117. The summed E-state index contributed by atoms with van der Waals surface area (Å²) in [7, 11) is 2.76. The van der Waals surface area contributed by atoms with Crippen LogP contribution in [0.5, 0.6) is 0 Å². The molecule has 0 aliphatic heterocycles. The highest BCUT2D eigenvalue weighted by atomic mass is 35.5. The second kappa shape index (κ2) is 6.65. The van der Waals surface area contributed by atoms with E-state index in [2.05, 4.69) is 0 Å². The lowest BCUT2D eigenvalue weighted by Gasteiger charge is -2.11. The van der Waals surface area contributed by atoms with E-state index in [1.807, 2.05) is 0 Å². The lowest BCUT2D eigenvalue weighted by molar-refractivity contribution is 0.0928. The first-order valence-electron chi connectivity index (χ1n) is 4.36. The second-order valence-electron chi connectivity index (χ2n) is 2.95. The molecule has 0 saturated carbocycles. The molecule has 0 heterocycles. The fourth-order valence-corrected chi connectivity index (χ4v) is 2.70. The van der Waals surface area contributed by atoms with E-state index in [0.29, 0.717) is 0 Å². The Balaban J connectivity index is 3.71. The van der Waals surface area contributed by atoms with Gasteiger partial charge >= 0.3 is 0 Å². The second-order valence-corrected chi connectivity index (χ2v) is 5.22. The van der Waals surface area contributed by atoms with Crippen molar-refractivity contribution in [1.29, 1.82) is 0 Å². The van der Waals surface area contributed by atoms with E-state index in [4.69, 9.17) is 79.1 Å². The van der Waals surface area contributed by atoms with Gasteiger partial charge in [0.2, 0.25) is 0 Å². The van der Waals surface area contributed by atoms with Gasteiger partial charge < -0.3 is 9.47 Å². The van der Waals surface area contributed by atoms with Crippen LogP contribution >= 0.6 is 69.6 Å². The van der Waals surface area contributed by atoms with Crippen molar-refractivity contribution in [3.63, 3.8) is 0 Å². The fourth-order valence-electron chi connectivity index (χ4n) is 1.17. The van der Waals surface area contributed by atoms with Gasteiger partial charge in [-0.3, -0.25) is 0 Å². The Labute approximate surface area is 134 Å². The Kier molecular flexibility index (Phi) is 6.04. The van der Waals surface area contributed by atoms with Gasteiger partial charge in [0, 0.05) is 0 Å². The van der Waals surface area contributed by atoms with E-state index in [9.17, 15) is 0 Å². The van der Waals surface area contributed by atoms with Crippen LogP contribution in [-0.4, -0.2) is 14.2 Å². The molecule has 1 rings (SSSR count). The summed E-state index contributed by atoms with van der Waals surface area (Å²) in [6.45, 7) is 0. The summed E-state index contributed by atoms with van der Waals surface area (Å²) in [5, 5.41) is 0.0388. The number of hydrogen-bond donors (Lipinski definition) is 0. The third-order valence-corrected chi connectivity index (χ3v) is 4.73. The van der Waals surface area contributed by atoms with Gasteiger partial charge in [0.1, 0.15) is 0 Å². The van der Waals surface area contributed by atoms with Gasteiger partial charge in [-0.05, 0) is 0 Å². The summed E-state index contributed by atoms with van der Waals surface area (Å²) < 4.78 is 10.0. The highest BCUT2D eigenvalue weighted by molar-refractivity contribution is 6.57. The molecule has 2 nitrogen and oxygen atoms in total. The average Bonchev–Trinajstić information content (AvgIpc) is 2.42. The van der Waals surface area contributed by atoms with Gasteiger partial charge in [-0.15, -0.1) is 0 Å². The molecule has 0 radical (unpaired) electrons. The standard InChI is InChI=1S/C10H6Cl6O2/c1-17-10(18-2)3-4(11)6(13)8(15)9(16)7(14)5(3)12/h1-2H3. The lowest BCUT2D eigenvalue weighted by Crippen LogP contribution is -1.99. The Hall–Kier alpha value is 0.300. The molecule has 0 aromatic heterocycles. The molecular weight excluding hydrogens is 365 g/mol. The fraction of sp³-hybridized carbons (Fsp3) is 0.200. The highest BCUT2D eigenvalue weighted by Crippen LogP contribution is 2.46. The average molecular weight is 371 g/mol. The van der Waals surface area contributed by atoms with Crippen LogP contribution in [0.15, 0.2) is 41.7 Å². The number of allylic oxidation sites excluding steroid dienone is 7. The smallest absolute Gasteiger partial charge is 0.289 e. The molecule has 100 valence electrons. The highest BCUT2D eigenvalue weighted by Gasteiger charge is 2.28. The third kappa shape index (κ3) is 2.90. The Morgan fingerprint density at radius 2 is 0.889 bits per heavy atom. The van der Waals surface area contributed by atoms with Crippen molar-refractivity contribution in [2.45, 2.75) is 0 Å². The maximum atomic E-state index is 6.09. The zero-order chi connectivity index (χ0) is 14.0. The van der Waals surface area contributed by atoms with Crippen molar-refractivity contribution < 1.29 is 9.47 Å². The van der Waals surface area contributed by atoms with E-state index < -0.39 is 0 Å². The zero-order valence-corrected chi connectivity index (χ0v) is 13.6. The molecule has 8 heteroatoms. The molecule has 0 fully saturated rings. The van der Waals surface area contributed by atoms with Crippen LogP contribution in [0.4, 0.5) is 0 Å². The minimum atomic E-state index is -0.00644. The summed E-state index contributed by atoms with van der Waals surface area (Å²) in [6.07, 6.45) is 0. The minimum Gasteiger partial charge on any atom is -0.468 e. The normalized spacial score (nSPS) is 17.2. The molecule has 0 unspecified atom stereocenters. The van der Waals surface area contributed by atoms with Crippen molar-refractivity contribution in [3.8, 4) is 0 Å². The van der Waals surface area contributed by atoms with E-state index in [0.717, 1.165) is 0 Å². The summed E-state index contributed by atoms with van der Waals surface area (Å²) in [5.74, 6) is 0.0390. The first kappa shape index (κ1) is 16.4. The largest absolute Gasteiger partial charge is 0.468 e. The predicted octanol–water partition coefficient (Wildman–Crippen LogP) is 5.57.